The third kappa shape index (κ3) is 4.54. The van der Waals surface area contributed by atoms with Crippen LogP contribution in [0.4, 0.5) is 0 Å². The van der Waals surface area contributed by atoms with Crippen LogP contribution in [-0.2, 0) is 20.7 Å². The van der Waals surface area contributed by atoms with Crippen molar-refractivity contribution in [2.24, 2.45) is 0 Å². The van der Waals surface area contributed by atoms with Crippen molar-refractivity contribution in [1.29, 1.82) is 5.41 Å². The average molecular weight is 378 g/mol. The fraction of sp³-hybridized carbons (Fsp3) is 0.412. The van der Waals surface area contributed by atoms with Crippen LogP contribution >= 0.6 is 0 Å². The minimum absolute atomic E-state index is 0.0517. The summed E-state index contributed by atoms with van der Waals surface area (Å²) in [7, 11) is -2.01. The van der Waals surface area contributed by atoms with Crippen LogP contribution in [0.5, 0.6) is 5.75 Å². The lowest BCUT2D eigenvalue weighted by Crippen LogP contribution is -2.54. The van der Waals surface area contributed by atoms with Crippen LogP contribution in [0.1, 0.15) is 24.4 Å². The summed E-state index contributed by atoms with van der Waals surface area (Å²) >= 11 is 0. The first-order chi connectivity index (χ1) is 12.3. The molecule has 1 aliphatic heterocycles. The Hall–Kier alpha value is -2.55. The highest BCUT2D eigenvalue weighted by atomic mass is 32.2. The van der Waals surface area contributed by atoms with Gasteiger partial charge in [-0.3, -0.25) is 19.7 Å². The Kier molecular flexibility index (Phi) is 5.17. The van der Waals surface area contributed by atoms with E-state index in [4.69, 9.17) is 9.93 Å². The van der Waals surface area contributed by atoms with Crippen LogP contribution < -0.4 is 20.8 Å². The van der Waals surface area contributed by atoms with Gasteiger partial charge in [0, 0.05) is 24.0 Å². The van der Waals surface area contributed by atoms with Gasteiger partial charge in [0.2, 0.25) is 12.2 Å². The van der Waals surface area contributed by atoms with Crippen LogP contribution in [0.3, 0.4) is 0 Å². The van der Waals surface area contributed by atoms with Gasteiger partial charge in [0.25, 0.3) is 11.5 Å². The average Bonchev–Trinajstić information content (AvgIpc) is 3.02. The normalized spacial score (nSPS) is 24.1. The van der Waals surface area contributed by atoms with Crippen LogP contribution in [0.25, 0.3) is 0 Å². The molecule has 3 rings (SSSR count). The molecular weight excluding hydrogens is 356 g/mol. The molecule has 0 saturated carbocycles. The number of benzene rings is 1. The summed E-state index contributed by atoms with van der Waals surface area (Å²) in [6.07, 6.45) is 2.95. The molecule has 26 heavy (non-hydrogen) atoms. The molecule has 0 radical (unpaired) electrons. The highest BCUT2D eigenvalue weighted by Crippen LogP contribution is 2.16. The highest BCUT2D eigenvalue weighted by molar-refractivity contribution is 8.00. The Balaban J connectivity index is 1.75. The fourth-order valence-electron chi connectivity index (χ4n) is 2.97. The van der Waals surface area contributed by atoms with Gasteiger partial charge in [0.15, 0.2) is 0 Å². The lowest BCUT2D eigenvalue weighted by molar-refractivity contribution is -0.778. The van der Waals surface area contributed by atoms with Gasteiger partial charge in [0.05, 0.1) is 0 Å². The van der Waals surface area contributed by atoms with Crippen LogP contribution in [-0.4, -0.2) is 38.6 Å². The predicted molar refractivity (Wildman–Crippen MR) is 95.1 cm³/mol. The molecule has 1 aromatic carbocycles. The van der Waals surface area contributed by atoms with Gasteiger partial charge >= 0.3 is 0 Å². The monoisotopic (exact) mass is 378 g/mol. The van der Waals surface area contributed by atoms with E-state index in [0.29, 0.717) is 30.8 Å². The Morgan fingerprint density at radius 1 is 1.42 bits per heavy atom. The minimum atomic E-state index is -2.01. The largest absolute Gasteiger partial charge is 0.508 e. The molecule has 140 valence electrons. The van der Waals surface area contributed by atoms with Gasteiger partial charge < -0.3 is 14.9 Å². The fourth-order valence-corrected chi connectivity index (χ4v) is 4.60. The summed E-state index contributed by atoms with van der Waals surface area (Å²) in [5.41, 5.74) is 0.706. The van der Waals surface area contributed by atoms with Gasteiger partial charge in [-0.2, -0.15) is 0 Å². The molecule has 1 atom stereocenters. The smallest absolute Gasteiger partial charge is 0.289 e. The highest BCUT2D eigenvalue weighted by Gasteiger charge is 2.30. The van der Waals surface area contributed by atoms with Crippen molar-refractivity contribution in [3.05, 3.63) is 41.6 Å². The number of hydrogen-bond donors (Lipinski definition) is 3. The maximum atomic E-state index is 12.8. The zero-order valence-electron chi connectivity index (χ0n) is 14.3. The Labute approximate surface area is 151 Å². The molecular formula is C17H22N4O4S. The summed E-state index contributed by atoms with van der Waals surface area (Å²) in [5.74, 6) is 4.67. The third-order valence-corrected chi connectivity index (χ3v) is 6.45. The molecule has 2 heterocycles. The molecule has 1 amide bonds. The van der Waals surface area contributed by atoms with E-state index < -0.39 is 15.6 Å². The summed E-state index contributed by atoms with van der Waals surface area (Å²) in [5, 5.41) is 23.7. The van der Waals surface area contributed by atoms with E-state index in [0.717, 1.165) is 5.56 Å². The predicted octanol–water partition coefficient (Wildman–Crippen LogP) is -0.512. The molecule has 0 spiro atoms. The van der Waals surface area contributed by atoms with Crippen LogP contribution in [0, 0.1) is 5.41 Å². The van der Waals surface area contributed by atoms with Gasteiger partial charge in [-0.05, 0) is 45.9 Å². The lowest BCUT2D eigenvalue weighted by Gasteiger charge is -2.26. The molecule has 0 aliphatic carbocycles. The van der Waals surface area contributed by atoms with Gasteiger partial charge in [-0.1, -0.05) is 12.1 Å². The summed E-state index contributed by atoms with van der Waals surface area (Å²) in [6, 6.07) is 5.84. The number of nitrogens with one attached hydrogen (secondary N) is 2. The number of aromatic hydroxyl groups is 1. The van der Waals surface area contributed by atoms with E-state index in [1.807, 2.05) is 0 Å². The molecule has 1 aromatic heterocycles. The van der Waals surface area contributed by atoms with Crippen LogP contribution in [0.2, 0.25) is 0 Å². The molecule has 9 heteroatoms. The van der Waals surface area contributed by atoms with Crippen molar-refractivity contribution in [2.45, 2.75) is 31.3 Å². The van der Waals surface area contributed by atoms with Gasteiger partial charge in [-0.15, -0.1) is 0 Å². The van der Waals surface area contributed by atoms with Crippen molar-refractivity contribution < 1.29 is 23.3 Å². The van der Waals surface area contributed by atoms with E-state index in [9.17, 15) is 14.1 Å². The molecule has 1 saturated heterocycles. The zero-order chi connectivity index (χ0) is 18.7. The molecule has 0 bridgehead atoms. The van der Waals surface area contributed by atoms with E-state index in [1.165, 1.54) is 10.9 Å². The van der Waals surface area contributed by atoms with Crippen molar-refractivity contribution in [2.75, 3.05) is 11.5 Å². The minimum Gasteiger partial charge on any atom is -0.508 e. The molecule has 1 unspecified atom stereocenters. The number of carbonyl (C=O) groups excluding carboxylic acids is 1. The quantitative estimate of drug-likeness (QED) is 0.478. The Bertz CT molecular complexity index is 916. The number of rotatable bonds is 5. The van der Waals surface area contributed by atoms with Crippen molar-refractivity contribution >= 4 is 21.3 Å². The topological polar surface area (TPSA) is 121 Å². The number of carbonyl (C=O) groups is 1. The Morgan fingerprint density at radius 2 is 2.08 bits per heavy atom. The number of phenolic OH excluding ortho intramolecular Hbond substituents is 1. The first-order valence-electron chi connectivity index (χ1n) is 8.33. The van der Waals surface area contributed by atoms with Crippen molar-refractivity contribution in [1.82, 2.24) is 10.6 Å². The van der Waals surface area contributed by atoms with Crippen LogP contribution in [0.15, 0.2) is 35.0 Å². The molecule has 2 aromatic rings. The SMILES string of the molecule is C=S1(=O)CCC(NC(=O)C(Cc2ccc(O)cc2)[n+]2cc(=N)o[n-]2)CC1. The number of nitrogens with zero attached hydrogens (tertiary/aromatic N) is 2. The molecule has 3 N–H and O–H groups in total. The maximum absolute atomic E-state index is 12.8. The second-order valence-corrected chi connectivity index (χ2v) is 9.34. The third-order valence-electron chi connectivity index (χ3n) is 4.49. The van der Waals surface area contributed by atoms with E-state index in [-0.39, 0.29) is 23.3 Å². The molecule has 8 nitrogen and oxygen atoms in total. The van der Waals surface area contributed by atoms with Gasteiger partial charge in [-0.25, -0.2) is 4.68 Å². The molecule has 1 fully saturated rings. The second kappa shape index (κ2) is 7.36. The maximum Gasteiger partial charge on any atom is 0.289 e. The second-order valence-electron chi connectivity index (χ2n) is 6.59. The van der Waals surface area contributed by atoms with Gasteiger partial charge in [0.1, 0.15) is 5.75 Å². The first kappa shape index (κ1) is 18.2. The number of phenols is 1. The van der Waals surface area contributed by atoms with Crippen molar-refractivity contribution in [3.8, 4) is 5.75 Å². The number of hydrogen-bond acceptors (Lipinski definition) is 5. The standard InChI is InChI=1S/C17H22N4O4S/c1-26(24)8-6-13(7-9-26)19-17(23)15(21-11-16(18)25-20-21)10-12-2-4-14(22)5-3-12/h2-5,11,13,15,18,22H,1,6-10H2,(H,19,23). The Morgan fingerprint density at radius 3 is 2.65 bits per heavy atom. The lowest BCUT2D eigenvalue weighted by atomic mass is 10.0. The van der Waals surface area contributed by atoms with E-state index in [2.05, 4.69) is 16.5 Å². The molecule has 1 aliphatic rings. The van der Waals surface area contributed by atoms with E-state index in [1.54, 1.807) is 24.3 Å². The summed E-state index contributed by atoms with van der Waals surface area (Å²) < 4.78 is 18.1. The zero-order valence-corrected chi connectivity index (χ0v) is 15.1. The summed E-state index contributed by atoms with van der Waals surface area (Å²) in [6.45, 7) is 0. The number of amides is 1. The number of aromatic nitrogens is 2. The summed E-state index contributed by atoms with van der Waals surface area (Å²) in [4.78, 5) is 12.8. The van der Waals surface area contributed by atoms with E-state index >= 15 is 0 Å². The first-order valence-corrected chi connectivity index (χ1v) is 10.4. The van der Waals surface area contributed by atoms with Crippen molar-refractivity contribution in [3.63, 3.8) is 0 Å².